The second-order valence-electron chi connectivity index (χ2n) is 8.25. The molecule has 2 heterocycles. The van der Waals surface area contributed by atoms with E-state index in [0.717, 1.165) is 17.3 Å². The number of hydrogen-bond donors (Lipinski definition) is 1. The molecule has 12 nitrogen and oxygen atoms in total. The standard InChI is InChI=1S/C24H30N4O8S/c1-6-28-22(17-10-8-7-9-11-17)26-27-24(28)37-23-19(25-13(2)29)21(35-16(5)32)20(34-15(4)31)18(36-23)12-33-14(3)30/h7-11,18-21,23H,6,12H2,1-5H3,(H,25,29)/t18-,19-,20+,21-,23-/m0/s1. The van der Waals surface area contributed by atoms with Gasteiger partial charge in [0.15, 0.2) is 23.2 Å². The van der Waals surface area contributed by atoms with Gasteiger partial charge in [-0.2, -0.15) is 0 Å². The average molecular weight is 535 g/mol. The predicted molar refractivity (Wildman–Crippen MR) is 131 cm³/mol. The molecular weight excluding hydrogens is 504 g/mol. The van der Waals surface area contributed by atoms with E-state index < -0.39 is 53.6 Å². The van der Waals surface area contributed by atoms with Crippen molar-refractivity contribution in [2.45, 2.75) is 76.1 Å². The van der Waals surface area contributed by atoms with Crippen LogP contribution in [0.25, 0.3) is 11.4 Å². The fourth-order valence-electron chi connectivity index (χ4n) is 3.96. The van der Waals surface area contributed by atoms with E-state index in [1.807, 2.05) is 41.8 Å². The molecule has 0 bridgehead atoms. The minimum absolute atomic E-state index is 0.273. The van der Waals surface area contributed by atoms with Gasteiger partial charge in [0.25, 0.3) is 0 Å². The molecule has 0 saturated carbocycles. The molecule has 0 radical (unpaired) electrons. The summed E-state index contributed by atoms with van der Waals surface area (Å²) in [5.41, 5.74) is -0.00846. The highest BCUT2D eigenvalue weighted by atomic mass is 32.2. The first-order chi connectivity index (χ1) is 17.6. The van der Waals surface area contributed by atoms with Crippen LogP contribution in [0, 0.1) is 0 Å². The van der Waals surface area contributed by atoms with E-state index in [-0.39, 0.29) is 6.61 Å². The van der Waals surface area contributed by atoms with Gasteiger partial charge in [-0.15, -0.1) is 10.2 Å². The summed E-state index contributed by atoms with van der Waals surface area (Å²) in [5.74, 6) is -1.66. The Balaban J connectivity index is 2.02. The van der Waals surface area contributed by atoms with Crippen molar-refractivity contribution in [3.63, 3.8) is 0 Å². The fraction of sp³-hybridized carbons (Fsp3) is 0.500. The van der Waals surface area contributed by atoms with Crippen molar-refractivity contribution in [1.29, 1.82) is 0 Å². The van der Waals surface area contributed by atoms with Gasteiger partial charge in [-0.25, -0.2) is 0 Å². The minimum Gasteiger partial charge on any atom is -0.463 e. The van der Waals surface area contributed by atoms with Gasteiger partial charge < -0.3 is 28.8 Å². The summed E-state index contributed by atoms with van der Waals surface area (Å²) in [4.78, 5) is 47.6. The topological polar surface area (TPSA) is 148 Å². The van der Waals surface area contributed by atoms with Crippen molar-refractivity contribution >= 4 is 35.6 Å². The first kappa shape index (κ1) is 28.1. The Bertz CT molecular complexity index is 1130. The third-order valence-electron chi connectivity index (χ3n) is 5.36. The lowest BCUT2D eigenvalue weighted by molar-refractivity contribution is -0.211. The van der Waals surface area contributed by atoms with Crippen molar-refractivity contribution in [2.75, 3.05) is 6.61 Å². The summed E-state index contributed by atoms with van der Waals surface area (Å²) in [6.07, 6.45) is -3.28. The second-order valence-corrected chi connectivity index (χ2v) is 9.32. The van der Waals surface area contributed by atoms with Gasteiger partial charge in [-0.3, -0.25) is 19.2 Å². The van der Waals surface area contributed by atoms with Crippen LogP contribution in [0.1, 0.15) is 34.6 Å². The van der Waals surface area contributed by atoms with Crippen molar-refractivity contribution < 1.29 is 38.1 Å². The summed E-state index contributed by atoms with van der Waals surface area (Å²) >= 11 is 1.15. The maximum absolute atomic E-state index is 12.2. The molecule has 200 valence electrons. The number of esters is 3. The molecule has 1 aliphatic rings. The quantitative estimate of drug-likeness (QED) is 0.370. The first-order valence-electron chi connectivity index (χ1n) is 11.7. The maximum atomic E-state index is 12.2. The number of thioether (sulfide) groups is 1. The number of ether oxygens (including phenoxy) is 4. The summed E-state index contributed by atoms with van der Waals surface area (Å²) in [6.45, 7) is 7.14. The molecule has 1 aromatic carbocycles. The molecule has 13 heteroatoms. The van der Waals surface area contributed by atoms with E-state index in [2.05, 4.69) is 15.5 Å². The van der Waals surface area contributed by atoms with Crippen molar-refractivity contribution in [3.8, 4) is 11.4 Å². The minimum atomic E-state index is -1.15. The van der Waals surface area contributed by atoms with E-state index in [1.165, 1.54) is 27.7 Å². The Morgan fingerprint density at radius 2 is 1.62 bits per heavy atom. The SMILES string of the molecule is CCn1c(S[C@@H]2O[C@@H](COC(C)=O)[C@@H](OC(C)=O)[C@@H](OC(C)=O)[C@@H]2NC(C)=O)nnc1-c1ccccc1. The van der Waals surface area contributed by atoms with E-state index >= 15 is 0 Å². The molecule has 1 fully saturated rings. The van der Waals surface area contributed by atoms with Crippen LogP contribution in [-0.4, -0.2) is 75.0 Å². The molecule has 1 amide bonds. The highest BCUT2D eigenvalue weighted by Crippen LogP contribution is 2.36. The molecule has 37 heavy (non-hydrogen) atoms. The number of amides is 1. The van der Waals surface area contributed by atoms with Crippen molar-refractivity contribution in [3.05, 3.63) is 30.3 Å². The van der Waals surface area contributed by atoms with E-state index in [1.54, 1.807) is 0 Å². The number of benzene rings is 1. The Kier molecular flexibility index (Phi) is 9.64. The molecular formula is C24H30N4O8S. The van der Waals surface area contributed by atoms with Crippen LogP contribution in [0.15, 0.2) is 35.5 Å². The Morgan fingerprint density at radius 1 is 0.973 bits per heavy atom. The van der Waals surface area contributed by atoms with Crippen molar-refractivity contribution in [2.24, 2.45) is 0 Å². The Hall–Kier alpha value is -3.45. The maximum Gasteiger partial charge on any atom is 0.303 e. The van der Waals surface area contributed by atoms with Crippen LogP contribution < -0.4 is 5.32 Å². The zero-order valence-electron chi connectivity index (χ0n) is 21.2. The highest BCUT2D eigenvalue weighted by Gasteiger charge is 2.51. The molecule has 0 unspecified atom stereocenters. The van der Waals surface area contributed by atoms with Gasteiger partial charge in [0, 0.05) is 39.8 Å². The van der Waals surface area contributed by atoms with Crippen molar-refractivity contribution in [1.82, 2.24) is 20.1 Å². The fourth-order valence-corrected chi connectivity index (χ4v) is 5.16. The monoisotopic (exact) mass is 534 g/mol. The van der Waals surface area contributed by atoms with E-state index in [9.17, 15) is 19.2 Å². The summed E-state index contributed by atoms with van der Waals surface area (Å²) in [6, 6.07) is 8.58. The first-order valence-corrected chi connectivity index (χ1v) is 12.5. The Morgan fingerprint density at radius 3 is 2.19 bits per heavy atom. The normalized spacial score (nSPS) is 23.1. The lowest BCUT2D eigenvalue weighted by Gasteiger charge is -2.44. The van der Waals surface area contributed by atoms with Crippen LogP contribution in [0.2, 0.25) is 0 Å². The lowest BCUT2D eigenvalue weighted by Crippen LogP contribution is -2.65. The number of aromatic nitrogens is 3. The molecule has 3 rings (SSSR count). The molecule has 0 aliphatic carbocycles. The van der Waals surface area contributed by atoms with Crippen LogP contribution in [0.3, 0.4) is 0 Å². The smallest absolute Gasteiger partial charge is 0.303 e. The van der Waals surface area contributed by atoms with E-state index in [0.29, 0.717) is 17.5 Å². The number of carbonyl (C=O) groups is 4. The number of carbonyl (C=O) groups excluding carboxylic acids is 4. The highest BCUT2D eigenvalue weighted by molar-refractivity contribution is 7.99. The third kappa shape index (κ3) is 7.29. The predicted octanol–water partition coefficient (Wildman–Crippen LogP) is 1.71. The largest absolute Gasteiger partial charge is 0.463 e. The Labute approximate surface area is 218 Å². The third-order valence-corrected chi connectivity index (χ3v) is 6.51. The van der Waals surface area contributed by atoms with Gasteiger partial charge in [0.2, 0.25) is 5.91 Å². The van der Waals surface area contributed by atoms with Crippen LogP contribution in [0.4, 0.5) is 0 Å². The molecule has 1 aliphatic heterocycles. The van der Waals surface area contributed by atoms with E-state index in [4.69, 9.17) is 18.9 Å². The number of hydrogen-bond acceptors (Lipinski definition) is 11. The molecule has 1 N–H and O–H groups in total. The van der Waals surface area contributed by atoms with Gasteiger partial charge in [0.05, 0.1) is 0 Å². The number of rotatable bonds is 9. The van der Waals surface area contributed by atoms with Gasteiger partial charge in [0.1, 0.15) is 24.2 Å². The molecule has 0 spiro atoms. The molecule has 5 atom stereocenters. The van der Waals surface area contributed by atoms with Gasteiger partial charge in [-0.1, -0.05) is 42.1 Å². The zero-order valence-corrected chi connectivity index (χ0v) is 22.0. The lowest BCUT2D eigenvalue weighted by atomic mass is 9.97. The van der Waals surface area contributed by atoms with Crippen LogP contribution in [-0.2, 0) is 44.7 Å². The summed E-state index contributed by atoms with van der Waals surface area (Å²) in [7, 11) is 0. The number of nitrogens with one attached hydrogen (secondary N) is 1. The van der Waals surface area contributed by atoms with Gasteiger partial charge in [-0.05, 0) is 6.92 Å². The van der Waals surface area contributed by atoms with Crippen LogP contribution in [0.5, 0.6) is 0 Å². The molecule has 1 aromatic heterocycles. The number of nitrogens with zero attached hydrogens (tertiary/aromatic N) is 3. The molecule has 1 saturated heterocycles. The van der Waals surface area contributed by atoms with Gasteiger partial charge >= 0.3 is 17.9 Å². The summed E-state index contributed by atoms with van der Waals surface area (Å²) < 4.78 is 24.2. The summed E-state index contributed by atoms with van der Waals surface area (Å²) in [5, 5.41) is 11.9. The second kappa shape index (κ2) is 12.7. The van der Waals surface area contributed by atoms with Crippen LogP contribution >= 0.6 is 11.8 Å². The zero-order chi connectivity index (χ0) is 27.1. The average Bonchev–Trinajstić information content (AvgIpc) is 3.23. The molecule has 2 aromatic rings.